The van der Waals surface area contributed by atoms with Crippen LogP contribution in [0.25, 0.3) is 0 Å². The molecule has 1 aliphatic heterocycles. The first-order valence-electron chi connectivity index (χ1n) is 14.4. The second kappa shape index (κ2) is 14.0. The number of nitrogens with one attached hydrogen (secondary N) is 2. The lowest BCUT2D eigenvalue weighted by Gasteiger charge is -2.29. The molecule has 1 aliphatic rings. The number of nitrogens with zero attached hydrogens (tertiary/aromatic N) is 4. The number of hydrogen-bond donors (Lipinski definition) is 3. The first-order chi connectivity index (χ1) is 21.0. The van der Waals surface area contributed by atoms with Gasteiger partial charge in [0.15, 0.2) is 0 Å². The molecule has 5 rings (SSSR count). The minimum absolute atomic E-state index is 0.111. The van der Waals surface area contributed by atoms with Crippen LogP contribution in [0.5, 0.6) is 0 Å². The van der Waals surface area contributed by atoms with E-state index in [1.54, 1.807) is 29.2 Å². The fourth-order valence-electron chi connectivity index (χ4n) is 5.24. The third kappa shape index (κ3) is 7.51. The number of hydrogen-bond acceptors (Lipinski definition) is 6. The monoisotopic (exact) mass is 573 g/mol. The molecule has 0 aliphatic carbocycles. The Hall–Kier alpha value is -5.31. The number of carbonyl (C=O) groups excluding carboxylic acids is 2. The molecule has 0 bridgehead atoms. The summed E-state index contributed by atoms with van der Waals surface area (Å²) < 4.78 is 0. The predicted molar refractivity (Wildman–Crippen MR) is 169 cm³/mol. The molecule has 43 heavy (non-hydrogen) atoms. The number of guanidine groups is 1. The Morgan fingerprint density at radius 3 is 2.00 bits per heavy atom. The Morgan fingerprint density at radius 1 is 0.767 bits per heavy atom. The van der Waals surface area contributed by atoms with Crippen molar-refractivity contribution in [2.45, 2.75) is 32.2 Å². The van der Waals surface area contributed by atoms with Crippen molar-refractivity contribution in [3.63, 3.8) is 0 Å². The Kier molecular flexibility index (Phi) is 9.53. The van der Waals surface area contributed by atoms with Gasteiger partial charge in [-0.3, -0.25) is 14.9 Å². The predicted octanol–water partition coefficient (Wildman–Crippen LogP) is 6.11. The van der Waals surface area contributed by atoms with Gasteiger partial charge in [0.25, 0.3) is 17.8 Å². The van der Waals surface area contributed by atoms with Gasteiger partial charge in [-0.15, -0.1) is 10.2 Å². The fourth-order valence-corrected chi connectivity index (χ4v) is 5.24. The van der Waals surface area contributed by atoms with Crippen LogP contribution in [0.3, 0.4) is 0 Å². The zero-order valence-electron chi connectivity index (χ0n) is 23.9. The lowest BCUT2D eigenvalue weighted by molar-refractivity contribution is 0.0970. The molecule has 4 N–H and O–H groups in total. The van der Waals surface area contributed by atoms with E-state index in [1.807, 2.05) is 54.6 Å². The van der Waals surface area contributed by atoms with Crippen LogP contribution >= 0.6 is 0 Å². The Morgan fingerprint density at radius 2 is 1.37 bits per heavy atom. The van der Waals surface area contributed by atoms with Gasteiger partial charge < -0.3 is 15.6 Å². The number of carbonyl (C=O) groups is 2. The van der Waals surface area contributed by atoms with Gasteiger partial charge in [0.1, 0.15) is 0 Å². The van der Waals surface area contributed by atoms with Crippen molar-refractivity contribution in [2.75, 3.05) is 22.9 Å². The van der Waals surface area contributed by atoms with Crippen molar-refractivity contribution in [1.82, 2.24) is 5.32 Å². The van der Waals surface area contributed by atoms with Crippen LogP contribution in [0.4, 0.5) is 11.4 Å². The van der Waals surface area contributed by atoms with Gasteiger partial charge in [0.2, 0.25) is 0 Å². The minimum Gasteiger partial charge on any atom is -0.372 e. The molecule has 0 spiro atoms. The average Bonchev–Trinajstić information content (AvgIpc) is 3.07. The van der Waals surface area contributed by atoms with Gasteiger partial charge in [0.05, 0.1) is 6.54 Å². The maximum absolute atomic E-state index is 14.0. The van der Waals surface area contributed by atoms with E-state index in [0.717, 1.165) is 42.0 Å². The Bertz CT molecular complexity index is 1560. The fraction of sp³-hybridized carbons (Fsp3) is 0.206. The highest BCUT2D eigenvalue weighted by Crippen LogP contribution is 2.26. The maximum atomic E-state index is 14.0. The molecule has 218 valence electrons. The summed E-state index contributed by atoms with van der Waals surface area (Å²) in [6, 6.07) is 33.1. The Balaban J connectivity index is 1.37. The molecule has 0 saturated carbocycles. The highest BCUT2D eigenvalue weighted by molar-refractivity contribution is 6.07. The van der Waals surface area contributed by atoms with Crippen LogP contribution in [0.15, 0.2) is 113 Å². The number of nitrogens with two attached hydrogens (primary N) is 1. The molecule has 1 fully saturated rings. The number of anilines is 2. The van der Waals surface area contributed by atoms with E-state index in [1.165, 1.54) is 24.8 Å². The molecule has 1 heterocycles. The topological polar surface area (TPSA) is 127 Å². The van der Waals surface area contributed by atoms with Crippen LogP contribution in [0, 0.1) is 5.53 Å². The number of hydrazone groups is 1. The summed E-state index contributed by atoms with van der Waals surface area (Å²) in [5, 5.41) is 8.70. The van der Waals surface area contributed by atoms with Gasteiger partial charge >= 0.3 is 0 Å². The molecule has 1 saturated heterocycles. The van der Waals surface area contributed by atoms with E-state index >= 15 is 0 Å². The second-order valence-corrected chi connectivity index (χ2v) is 10.5. The van der Waals surface area contributed by atoms with Crippen molar-refractivity contribution in [2.24, 2.45) is 16.1 Å². The van der Waals surface area contributed by atoms with E-state index in [2.05, 4.69) is 44.7 Å². The molecule has 2 amide bonds. The zero-order chi connectivity index (χ0) is 30.0. The quantitative estimate of drug-likeness (QED) is 0.0773. The van der Waals surface area contributed by atoms with E-state index in [9.17, 15) is 9.59 Å². The van der Waals surface area contributed by atoms with Gasteiger partial charge in [-0.25, -0.2) is 5.53 Å². The van der Waals surface area contributed by atoms with E-state index in [4.69, 9.17) is 11.4 Å². The first kappa shape index (κ1) is 29.2. The van der Waals surface area contributed by atoms with E-state index < -0.39 is 5.91 Å². The first-order valence-corrected chi connectivity index (χ1v) is 14.4. The summed E-state index contributed by atoms with van der Waals surface area (Å²) in [6.45, 7) is 2.41. The molecular formula is C34H35N7O2. The third-order valence-electron chi connectivity index (χ3n) is 7.59. The lowest BCUT2D eigenvalue weighted by Crippen LogP contribution is -2.31. The molecule has 4 aromatic carbocycles. The van der Waals surface area contributed by atoms with Crippen LogP contribution in [-0.2, 0) is 13.0 Å². The molecule has 0 atom stereocenters. The van der Waals surface area contributed by atoms with Crippen molar-refractivity contribution in [3.8, 4) is 0 Å². The van der Waals surface area contributed by atoms with E-state index in [0.29, 0.717) is 17.7 Å². The van der Waals surface area contributed by atoms with Crippen molar-refractivity contribution >= 4 is 29.1 Å². The smallest absolute Gasteiger partial charge is 0.265 e. The second-order valence-electron chi connectivity index (χ2n) is 10.5. The average molecular weight is 574 g/mol. The largest absolute Gasteiger partial charge is 0.372 e. The maximum Gasteiger partial charge on any atom is 0.265 e. The summed E-state index contributed by atoms with van der Waals surface area (Å²) in [4.78, 5) is 30.6. The standard InChI is InChI=1S/C34H35N7O2/c35-38-34(39-36)37-32(42)28-13-11-27(12-14-28)24-41(31-19-17-30(18-20-31)40-21-5-2-6-22-40)33(43)29-15-9-26(10-16-29)23-25-7-3-1-4-8-25/h1,3-4,7-20,35H,2,5-6,21-24,36H2,(H,37,39,42). The number of amides is 2. The molecule has 4 aromatic rings. The van der Waals surface area contributed by atoms with E-state index in [-0.39, 0.29) is 11.9 Å². The van der Waals surface area contributed by atoms with Crippen LogP contribution in [-0.4, -0.2) is 30.9 Å². The molecular weight excluding hydrogens is 538 g/mol. The van der Waals surface area contributed by atoms with Gasteiger partial charge in [-0.2, -0.15) is 0 Å². The molecule has 9 heteroatoms. The molecule has 0 unspecified atom stereocenters. The summed E-state index contributed by atoms with van der Waals surface area (Å²) in [5.41, 5.74) is 13.1. The summed E-state index contributed by atoms with van der Waals surface area (Å²) in [7, 11) is 0. The highest BCUT2D eigenvalue weighted by atomic mass is 16.2. The molecule has 0 aromatic heterocycles. The lowest BCUT2D eigenvalue weighted by atomic mass is 10.0. The normalized spacial score (nSPS) is 13.3. The van der Waals surface area contributed by atoms with Crippen LogP contribution in [0.2, 0.25) is 0 Å². The van der Waals surface area contributed by atoms with Gasteiger partial charge in [-0.1, -0.05) is 54.6 Å². The highest BCUT2D eigenvalue weighted by Gasteiger charge is 2.20. The van der Waals surface area contributed by atoms with Gasteiger partial charge in [0, 0.05) is 35.6 Å². The van der Waals surface area contributed by atoms with Crippen LogP contribution in [0.1, 0.15) is 56.7 Å². The number of rotatable bonds is 8. The van der Waals surface area contributed by atoms with Crippen molar-refractivity contribution in [3.05, 3.63) is 131 Å². The molecule has 0 radical (unpaired) electrons. The third-order valence-corrected chi connectivity index (χ3v) is 7.59. The van der Waals surface area contributed by atoms with Gasteiger partial charge in [-0.05, 0) is 90.9 Å². The molecule has 9 nitrogen and oxygen atoms in total. The summed E-state index contributed by atoms with van der Waals surface area (Å²) >= 11 is 0. The number of benzene rings is 4. The zero-order valence-corrected chi connectivity index (χ0v) is 23.9. The summed E-state index contributed by atoms with van der Waals surface area (Å²) in [5.74, 6) is 4.26. The van der Waals surface area contributed by atoms with Crippen molar-refractivity contribution < 1.29 is 9.59 Å². The summed E-state index contributed by atoms with van der Waals surface area (Å²) in [6.07, 6.45) is 4.45. The Labute approximate surface area is 251 Å². The minimum atomic E-state index is -0.483. The number of piperidine rings is 1. The SMILES string of the molecule is N=N/C(=N\N)NC(=O)c1ccc(CN(C(=O)c2ccc(Cc3ccccc3)cc2)c2ccc(N3CCCCC3)cc2)cc1. The van der Waals surface area contributed by atoms with Crippen molar-refractivity contribution in [1.29, 1.82) is 5.53 Å². The van der Waals surface area contributed by atoms with Crippen LogP contribution < -0.4 is 21.0 Å².